The summed E-state index contributed by atoms with van der Waals surface area (Å²) in [5, 5.41) is 20.4. The Morgan fingerprint density at radius 1 is 0.481 bits per heavy atom. The van der Waals surface area contributed by atoms with Crippen molar-refractivity contribution in [3.63, 3.8) is 0 Å². The van der Waals surface area contributed by atoms with E-state index in [9.17, 15) is 24.0 Å². The molecule has 0 unspecified atom stereocenters. The Labute approximate surface area is 635 Å². The van der Waals surface area contributed by atoms with Gasteiger partial charge in [-0.2, -0.15) is 0 Å². The standard InChI is InChI=1S/C31H41ClN4O5.C20H21N3O2.C10H22ClNO2.C10H10N2O.C10H13NO2/c1-35(18-21-41-31(38)33-17-20-40-23-22-39-19-9-4-3-8-16-32)27-14-12-25(13-15-27)24-28-30(37)36(2)29(34-28)26-10-6-5-7-11-26;1-22(12-13-24)17-10-8-15(9-11-17)14-18-20(25)23(2)19(21-18)16-6-4-3-5-7-16;11-5-3-1-2-4-7-13-9-10-14-8-6-12;1-12-9(13)7-11-10(12)8-5-3-2-4-6-8;1-11(6-7-12)10-4-2-9(8-13)3-5-10/h5-7,10-15,24H,3-4,8-9,16-23H2,1-2H3,(H,33,38);3-11,14,24H,12-13H2,1-2H3;1-10,12H2;2-6H,7H2,1H3;2-5,8,12H,6-7H2,1H3/b28-24-;18-14-;;;. The predicted octanol–water partition coefficient (Wildman–Crippen LogP) is 10.9. The van der Waals surface area contributed by atoms with Crippen LogP contribution in [0, 0.1) is 0 Å². The van der Waals surface area contributed by atoms with Crippen LogP contribution in [0.5, 0.6) is 0 Å². The van der Waals surface area contributed by atoms with E-state index < -0.39 is 6.09 Å². The Kier molecular flexibility index (Phi) is 42.9. The summed E-state index contributed by atoms with van der Waals surface area (Å²) in [5.41, 5.74) is 14.3. The Balaban J connectivity index is 0.000000262. The van der Waals surface area contributed by atoms with Gasteiger partial charge in [-0.1, -0.05) is 141 Å². The first-order chi connectivity index (χ1) is 51.6. The van der Waals surface area contributed by atoms with Crippen molar-refractivity contribution < 1.29 is 57.9 Å². The number of nitrogens with one attached hydrogen (secondary N) is 1. The first-order valence-electron chi connectivity index (χ1n) is 35.9. The number of hydrogen-bond donors (Lipinski definition) is 4. The second kappa shape index (κ2) is 51.9. The second-order valence-electron chi connectivity index (χ2n) is 24.5. The van der Waals surface area contributed by atoms with E-state index in [1.54, 1.807) is 60.1 Å². The molecule has 25 heteroatoms. The summed E-state index contributed by atoms with van der Waals surface area (Å²) in [4.78, 5) is 82.5. The Bertz CT molecular complexity index is 3660. The van der Waals surface area contributed by atoms with E-state index in [1.807, 2.05) is 188 Å². The number of alkyl carbamates (subject to hydrolysis) is 1. The number of nitrogens with zero attached hydrogens (tertiary/aromatic N) is 9. The summed E-state index contributed by atoms with van der Waals surface area (Å²) in [5.74, 6) is 3.37. The number of aldehydes is 1. The molecular weight excluding hydrogens is 1390 g/mol. The van der Waals surface area contributed by atoms with Gasteiger partial charge in [0.15, 0.2) is 0 Å². The molecule has 106 heavy (non-hydrogen) atoms. The molecule has 4 amide bonds. The van der Waals surface area contributed by atoms with Crippen LogP contribution in [0.2, 0.25) is 0 Å². The highest BCUT2D eigenvalue weighted by molar-refractivity contribution is 6.20. The van der Waals surface area contributed by atoms with E-state index in [1.165, 1.54) is 12.8 Å². The van der Waals surface area contributed by atoms with Crippen molar-refractivity contribution in [3.8, 4) is 0 Å². The molecule has 0 saturated heterocycles. The van der Waals surface area contributed by atoms with E-state index in [-0.39, 0.29) is 44.1 Å². The lowest BCUT2D eigenvalue weighted by atomic mass is 10.1. The molecule has 0 aliphatic carbocycles. The summed E-state index contributed by atoms with van der Waals surface area (Å²) < 4.78 is 26.8. The van der Waals surface area contributed by atoms with Crippen molar-refractivity contribution in [2.24, 2.45) is 20.7 Å². The third-order valence-corrected chi connectivity index (χ3v) is 17.0. The van der Waals surface area contributed by atoms with E-state index in [2.05, 4.69) is 20.3 Å². The maximum atomic E-state index is 12.7. The fourth-order valence-electron chi connectivity index (χ4n) is 10.3. The minimum absolute atomic E-state index is 0.0545. The molecule has 572 valence electrons. The van der Waals surface area contributed by atoms with Gasteiger partial charge in [0.25, 0.3) is 11.8 Å². The van der Waals surface area contributed by atoms with Crippen LogP contribution in [0.25, 0.3) is 12.2 Å². The van der Waals surface area contributed by atoms with Gasteiger partial charge < -0.3 is 59.6 Å². The minimum atomic E-state index is -0.473. The number of ether oxygens (including phenoxy) is 5. The third kappa shape index (κ3) is 32.3. The number of halogens is 2. The molecule has 3 aliphatic heterocycles. The summed E-state index contributed by atoms with van der Waals surface area (Å²) in [6.07, 6.45) is 12.9. The molecule has 23 nitrogen and oxygen atoms in total. The number of rotatable bonds is 39. The Morgan fingerprint density at radius 3 is 1.24 bits per heavy atom. The number of carbonyl (C=O) groups is 5. The van der Waals surface area contributed by atoms with Gasteiger partial charge in [-0.05, 0) is 97.5 Å². The highest BCUT2D eigenvalue weighted by atomic mass is 35.5. The van der Waals surface area contributed by atoms with Gasteiger partial charge in [-0.15, -0.1) is 23.2 Å². The van der Waals surface area contributed by atoms with Crippen LogP contribution in [0.15, 0.2) is 190 Å². The van der Waals surface area contributed by atoms with Crippen LogP contribution in [-0.4, -0.2) is 239 Å². The van der Waals surface area contributed by atoms with Crippen molar-refractivity contribution in [1.82, 2.24) is 20.0 Å². The Morgan fingerprint density at radius 2 is 0.858 bits per heavy atom. The summed E-state index contributed by atoms with van der Waals surface area (Å²) >= 11 is 11.2. The maximum absolute atomic E-state index is 12.7. The SMILES string of the molecule is CN(CCO)c1ccc(C=O)cc1.CN1C(=O)/C(=C/c2ccc(N(C)CCO)cc2)N=C1c1ccccc1.CN1C(=O)/C(=C/c2ccc(N(C)CCOC(=O)NCCOCCOCCCCCCCl)cc2)N=C1c1ccccc1.CN1C(=O)CN=C1c1ccccc1.NCCOCCOCCCCCCCl. The molecule has 0 fully saturated rings. The molecular formula is C81H107Cl2N11O12. The first-order valence-corrected chi connectivity index (χ1v) is 36.9. The van der Waals surface area contributed by atoms with Gasteiger partial charge >= 0.3 is 6.09 Å². The molecule has 0 radical (unpaired) electrons. The normalized spacial score (nSPS) is 13.7. The van der Waals surface area contributed by atoms with E-state index >= 15 is 0 Å². The Hall–Kier alpha value is -9.14. The number of benzene rings is 6. The number of nitrogens with two attached hydrogens (primary N) is 1. The number of likely N-dealkylation sites (N-methyl/N-ethyl adjacent to an activating group) is 6. The molecule has 0 bridgehead atoms. The predicted molar refractivity (Wildman–Crippen MR) is 427 cm³/mol. The lowest BCUT2D eigenvalue weighted by molar-refractivity contribution is -0.124. The quantitative estimate of drug-likeness (QED) is 0.0121. The van der Waals surface area contributed by atoms with Crippen LogP contribution in [0.1, 0.15) is 89.5 Å². The van der Waals surface area contributed by atoms with Crippen LogP contribution >= 0.6 is 23.2 Å². The topological polar surface area (TPSA) is 267 Å². The summed E-state index contributed by atoms with van der Waals surface area (Å²) in [6, 6.07) is 51.9. The van der Waals surface area contributed by atoms with Crippen LogP contribution in [0.3, 0.4) is 0 Å². The second-order valence-corrected chi connectivity index (χ2v) is 25.2. The lowest BCUT2D eigenvalue weighted by Crippen LogP contribution is -2.31. The summed E-state index contributed by atoms with van der Waals surface area (Å²) in [7, 11) is 11.0. The average molecular weight is 1500 g/mol. The van der Waals surface area contributed by atoms with Gasteiger partial charge in [0.2, 0.25) is 5.91 Å². The fourth-order valence-corrected chi connectivity index (χ4v) is 10.7. The van der Waals surface area contributed by atoms with Crippen molar-refractivity contribution in [1.29, 1.82) is 0 Å². The molecule has 6 aromatic rings. The van der Waals surface area contributed by atoms with E-state index in [0.29, 0.717) is 101 Å². The van der Waals surface area contributed by atoms with Gasteiger partial charge in [0.1, 0.15) is 48.3 Å². The van der Waals surface area contributed by atoms with Gasteiger partial charge in [-0.25, -0.2) is 14.8 Å². The van der Waals surface area contributed by atoms with Crippen molar-refractivity contribution >= 4 is 100 Å². The number of alkyl halides is 2. The van der Waals surface area contributed by atoms with Crippen molar-refractivity contribution in [2.45, 2.75) is 51.4 Å². The lowest BCUT2D eigenvalue weighted by Gasteiger charge is -2.19. The molecule has 0 atom stereocenters. The molecule has 3 heterocycles. The monoisotopic (exact) mass is 1500 g/mol. The molecule has 0 aromatic heterocycles. The smallest absolute Gasteiger partial charge is 0.407 e. The number of anilines is 3. The zero-order valence-electron chi connectivity index (χ0n) is 62.2. The molecule has 6 aromatic carbocycles. The largest absolute Gasteiger partial charge is 0.448 e. The zero-order chi connectivity index (χ0) is 76.5. The number of aliphatic hydroxyl groups excluding tert-OH is 2. The van der Waals surface area contributed by atoms with Crippen molar-refractivity contribution in [2.75, 3.05) is 181 Å². The highest BCUT2D eigenvalue weighted by Crippen LogP contribution is 2.25. The van der Waals surface area contributed by atoms with Gasteiger partial charge in [0.05, 0.1) is 59.4 Å². The van der Waals surface area contributed by atoms with Crippen molar-refractivity contribution in [3.05, 3.63) is 209 Å². The van der Waals surface area contributed by atoms with E-state index in [4.69, 9.17) is 62.8 Å². The number of amides is 4. The number of unbranched alkanes of at least 4 members (excludes halogenated alkanes) is 6. The molecule has 0 saturated carbocycles. The van der Waals surface area contributed by atoms with Gasteiger partial charge in [0, 0.05) is 133 Å². The average Bonchev–Trinajstić information content (AvgIpc) is 1.67. The fraction of sp³-hybridized carbons (Fsp3) is 0.407. The molecule has 3 aliphatic rings. The van der Waals surface area contributed by atoms with Crippen LogP contribution in [-0.2, 0) is 38.1 Å². The number of hydrogen-bond acceptors (Lipinski definition) is 19. The highest BCUT2D eigenvalue weighted by Gasteiger charge is 2.29. The minimum Gasteiger partial charge on any atom is -0.448 e. The molecule has 0 spiro atoms. The molecule has 5 N–H and O–H groups in total. The zero-order valence-corrected chi connectivity index (χ0v) is 63.8. The number of aliphatic imine (C=N–C) groups is 3. The number of carbonyl (C=O) groups excluding carboxylic acids is 5. The van der Waals surface area contributed by atoms with Gasteiger partial charge in [-0.3, -0.25) is 38.9 Å². The van der Waals surface area contributed by atoms with Crippen LogP contribution in [0.4, 0.5) is 21.9 Å². The van der Waals surface area contributed by atoms with Crippen LogP contribution < -0.4 is 25.8 Å². The number of aliphatic hydroxyl groups is 2. The third-order valence-electron chi connectivity index (χ3n) is 16.4. The maximum Gasteiger partial charge on any atom is 0.407 e. The molecule has 9 rings (SSSR count). The number of amidine groups is 3. The first kappa shape index (κ1) is 87.5. The summed E-state index contributed by atoms with van der Waals surface area (Å²) in [6.45, 7) is 8.37. The van der Waals surface area contributed by atoms with E-state index in [0.717, 1.165) is 120 Å².